The highest BCUT2D eigenvalue weighted by atomic mass is 32.2. The highest BCUT2D eigenvalue weighted by Gasteiger charge is 2.38. The number of carbonyl (C=O) groups is 1. The molecule has 0 saturated heterocycles. The first-order chi connectivity index (χ1) is 7.38. The third-order valence-electron chi connectivity index (χ3n) is 1.60. The number of ketones is 1. The number of nitrogens with zero attached hydrogens (tertiary/aromatic N) is 2. The van der Waals surface area contributed by atoms with Gasteiger partial charge < -0.3 is 0 Å². The van der Waals surface area contributed by atoms with E-state index in [9.17, 15) is 18.0 Å². The molecule has 1 heterocycles. The minimum absolute atomic E-state index is 0.0574. The molecule has 8 heteroatoms. The highest BCUT2D eigenvalue weighted by Crippen LogP contribution is 2.27. The molecule has 0 bridgehead atoms. The van der Waals surface area contributed by atoms with E-state index in [0.29, 0.717) is 4.34 Å². The normalized spacial score (nSPS) is 11.2. The van der Waals surface area contributed by atoms with Gasteiger partial charge in [0.15, 0.2) is 4.34 Å². The van der Waals surface area contributed by atoms with Crippen molar-refractivity contribution in [1.29, 1.82) is 5.26 Å². The van der Waals surface area contributed by atoms with Gasteiger partial charge in [0.1, 0.15) is 10.9 Å². The zero-order valence-corrected chi connectivity index (χ0v) is 9.59. The van der Waals surface area contributed by atoms with Crippen molar-refractivity contribution in [2.24, 2.45) is 0 Å². The number of rotatable bonds is 3. The van der Waals surface area contributed by atoms with Gasteiger partial charge in [-0.3, -0.25) is 4.79 Å². The summed E-state index contributed by atoms with van der Waals surface area (Å²) in [4.78, 5) is 14.6. The van der Waals surface area contributed by atoms with Gasteiger partial charge >= 0.3 is 6.18 Å². The van der Waals surface area contributed by atoms with Crippen LogP contribution in [0.1, 0.15) is 10.6 Å². The number of carbonyl (C=O) groups excluding carboxylic acids is 1. The van der Waals surface area contributed by atoms with E-state index in [1.54, 1.807) is 12.3 Å². The molecule has 0 aliphatic heterocycles. The van der Waals surface area contributed by atoms with Crippen LogP contribution in [0.2, 0.25) is 0 Å². The first-order valence-corrected chi connectivity index (χ1v) is 5.96. The van der Waals surface area contributed by atoms with Crippen LogP contribution in [0, 0.1) is 11.3 Å². The van der Waals surface area contributed by atoms with Gasteiger partial charge in [0.05, 0.1) is 12.1 Å². The van der Waals surface area contributed by atoms with Crippen LogP contribution in [-0.4, -0.2) is 23.2 Å². The molecule has 0 aliphatic rings. The molecule has 86 valence electrons. The van der Waals surface area contributed by atoms with Crippen molar-refractivity contribution in [2.75, 3.05) is 6.26 Å². The maximum Gasteiger partial charge on any atom is 0.450 e. The monoisotopic (exact) mass is 266 g/mol. The molecule has 0 aromatic carbocycles. The topological polar surface area (TPSA) is 53.8 Å². The Morgan fingerprint density at radius 2 is 2.25 bits per heavy atom. The lowest BCUT2D eigenvalue weighted by Crippen LogP contribution is -2.24. The van der Waals surface area contributed by atoms with E-state index in [2.05, 4.69) is 4.98 Å². The van der Waals surface area contributed by atoms with Crippen molar-refractivity contribution in [3.8, 4) is 6.07 Å². The Kier molecular flexibility index (Phi) is 3.93. The van der Waals surface area contributed by atoms with Crippen LogP contribution in [0.5, 0.6) is 0 Å². The Hall–Kier alpha value is -1.07. The van der Waals surface area contributed by atoms with E-state index in [0.717, 1.165) is 11.3 Å². The van der Waals surface area contributed by atoms with Crippen LogP contribution in [0.15, 0.2) is 4.34 Å². The minimum Gasteiger partial charge on any atom is -0.289 e. The van der Waals surface area contributed by atoms with Gasteiger partial charge in [-0.25, -0.2) is 4.98 Å². The lowest BCUT2D eigenvalue weighted by Gasteiger charge is -2.02. The minimum atomic E-state index is -4.88. The predicted molar refractivity (Wildman–Crippen MR) is 53.4 cm³/mol. The smallest absolute Gasteiger partial charge is 0.289 e. The molecule has 0 atom stereocenters. The van der Waals surface area contributed by atoms with E-state index in [1.165, 1.54) is 11.8 Å². The molecule has 0 fully saturated rings. The molecule has 0 aliphatic carbocycles. The Labute approximate surface area is 97.3 Å². The summed E-state index contributed by atoms with van der Waals surface area (Å²) < 4.78 is 36.5. The van der Waals surface area contributed by atoms with Gasteiger partial charge in [0.2, 0.25) is 5.78 Å². The summed E-state index contributed by atoms with van der Waals surface area (Å²) in [6, 6.07) is 1.73. The second-order valence-electron chi connectivity index (χ2n) is 2.67. The number of Topliss-reactive ketones (excluding diaryl/α,β-unsaturated/α-hetero) is 1. The van der Waals surface area contributed by atoms with Gasteiger partial charge in [-0.05, 0) is 6.26 Å². The molecular weight excluding hydrogens is 261 g/mol. The first-order valence-electron chi connectivity index (χ1n) is 3.92. The lowest BCUT2D eigenvalue weighted by molar-refractivity contribution is -0.170. The fourth-order valence-electron chi connectivity index (χ4n) is 0.877. The Bertz CT molecular complexity index is 447. The van der Waals surface area contributed by atoms with Crippen LogP contribution >= 0.6 is 23.1 Å². The van der Waals surface area contributed by atoms with Gasteiger partial charge in [0, 0.05) is 0 Å². The number of alkyl halides is 3. The van der Waals surface area contributed by atoms with Crippen LogP contribution in [0.4, 0.5) is 13.2 Å². The van der Waals surface area contributed by atoms with E-state index in [-0.39, 0.29) is 10.6 Å². The van der Waals surface area contributed by atoms with Gasteiger partial charge in [0.25, 0.3) is 0 Å². The molecule has 1 aromatic rings. The Balaban J connectivity index is 2.94. The van der Waals surface area contributed by atoms with Crippen LogP contribution < -0.4 is 0 Å². The van der Waals surface area contributed by atoms with Gasteiger partial charge in [-0.2, -0.15) is 18.4 Å². The molecule has 16 heavy (non-hydrogen) atoms. The van der Waals surface area contributed by atoms with Crippen molar-refractivity contribution < 1.29 is 18.0 Å². The molecular formula is C8H5F3N2OS2. The maximum absolute atomic E-state index is 12.0. The second kappa shape index (κ2) is 4.84. The summed E-state index contributed by atoms with van der Waals surface area (Å²) in [5.41, 5.74) is -0.0980. The Morgan fingerprint density at radius 3 is 2.69 bits per heavy atom. The van der Waals surface area contributed by atoms with Crippen molar-refractivity contribution in [2.45, 2.75) is 16.9 Å². The van der Waals surface area contributed by atoms with E-state index >= 15 is 0 Å². The van der Waals surface area contributed by atoms with Crippen LogP contribution in [0.3, 0.4) is 0 Å². The number of hydrogen-bond acceptors (Lipinski definition) is 5. The average Bonchev–Trinajstić information content (AvgIpc) is 2.59. The molecule has 3 nitrogen and oxygen atoms in total. The number of halogens is 3. The fraction of sp³-hybridized carbons (Fsp3) is 0.375. The molecule has 0 N–H and O–H groups in total. The summed E-state index contributed by atoms with van der Waals surface area (Å²) in [5, 5.41) is 8.66. The largest absolute Gasteiger partial charge is 0.450 e. The zero-order valence-electron chi connectivity index (χ0n) is 7.96. The van der Waals surface area contributed by atoms with Gasteiger partial charge in [-0.1, -0.05) is 23.1 Å². The zero-order chi connectivity index (χ0) is 12.3. The van der Waals surface area contributed by atoms with E-state index in [1.807, 2.05) is 0 Å². The number of nitriles is 1. The van der Waals surface area contributed by atoms with Crippen LogP contribution in [0.25, 0.3) is 0 Å². The third-order valence-corrected chi connectivity index (χ3v) is 3.59. The Morgan fingerprint density at radius 1 is 1.62 bits per heavy atom. The standard InChI is InChI=1S/C8H5F3N2OS2/c1-15-7-13-4(5(3-12)16-7)2-6(14)8(9,10)11/h2H2,1H3. The van der Waals surface area contributed by atoms with Crippen LogP contribution in [-0.2, 0) is 11.2 Å². The van der Waals surface area contributed by atoms with E-state index in [4.69, 9.17) is 5.26 Å². The lowest BCUT2D eigenvalue weighted by atomic mass is 10.2. The molecule has 1 rings (SSSR count). The maximum atomic E-state index is 12.0. The highest BCUT2D eigenvalue weighted by molar-refractivity contribution is 8.00. The average molecular weight is 266 g/mol. The van der Waals surface area contributed by atoms with Crippen molar-refractivity contribution in [3.05, 3.63) is 10.6 Å². The third kappa shape index (κ3) is 2.96. The van der Waals surface area contributed by atoms with Crippen molar-refractivity contribution in [3.63, 3.8) is 0 Å². The van der Waals surface area contributed by atoms with Crippen molar-refractivity contribution >= 4 is 28.9 Å². The SMILES string of the molecule is CSc1nc(CC(=O)C(F)(F)F)c(C#N)s1. The molecule has 0 unspecified atom stereocenters. The summed E-state index contributed by atoms with van der Waals surface area (Å²) in [6.07, 6.45) is -4.06. The second-order valence-corrected chi connectivity index (χ2v) is 4.72. The number of aromatic nitrogens is 1. The molecule has 1 aromatic heterocycles. The summed E-state index contributed by atoms with van der Waals surface area (Å²) >= 11 is 2.20. The predicted octanol–water partition coefficient (Wildman–Crippen LogP) is 2.41. The summed E-state index contributed by atoms with van der Waals surface area (Å²) in [6.45, 7) is 0. The molecule has 0 radical (unpaired) electrons. The fourth-order valence-corrected chi connectivity index (χ4v) is 2.27. The number of thioether (sulfide) groups is 1. The summed E-state index contributed by atoms with van der Waals surface area (Å²) in [7, 11) is 0. The number of thiazole rings is 1. The molecule has 0 amide bonds. The molecule has 0 saturated carbocycles. The first kappa shape index (κ1) is 13.0. The summed E-state index contributed by atoms with van der Waals surface area (Å²) in [5.74, 6) is -1.89. The van der Waals surface area contributed by atoms with E-state index < -0.39 is 18.4 Å². The van der Waals surface area contributed by atoms with Gasteiger partial charge in [-0.15, -0.1) is 0 Å². The molecule has 0 spiro atoms. The number of hydrogen-bond donors (Lipinski definition) is 0. The quantitative estimate of drug-likeness (QED) is 0.788. The van der Waals surface area contributed by atoms with Crippen molar-refractivity contribution in [1.82, 2.24) is 4.98 Å².